The summed E-state index contributed by atoms with van der Waals surface area (Å²) >= 11 is 0. The third-order valence-corrected chi connectivity index (χ3v) is 2.18. The maximum Gasteiger partial charge on any atom is 0.234 e. The monoisotopic (exact) mass is 210 g/mol. The molecular weight excluding hydrogens is 192 g/mol. The van der Waals surface area contributed by atoms with E-state index in [1.165, 1.54) is 6.20 Å². The van der Waals surface area contributed by atoms with Crippen LogP contribution in [-0.4, -0.2) is 41.1 Å². The zero-order chi connectivity index (χ0) is 11.1. The number of ether oxygens (including phenoxy) is 1. The number of aromatic nitrogens is 2. The molecule has 1 heterocycles. The predicted octanol–water partition coefficient (Wildman–Crippen LogP) is 0.779. The molecule has 1 aromatic rings. The first-order chi connectivity index (χ1) is 7.26. The molecule has 1 aromatic heterocycles. The summed E-state index contributed by atoms with van der Waals surface area (Å²) in [4.78, 5) is 10.2. The van der Waals surface area contributed by atoms with E-state index < -0.39 is 0 Å². The minimum absolute atomic E-state index is 0.385. The van der Waals surface area contributed by atoms with E-state index in [1.807, 2.05) is 0 Å². The Morgan fingerprint density at radius 3 is 2.67 bits per heavy atom. The molecule has 15 heavy (non-hydrogen) atoms. The van der Waals surface area contributed by atoms with E-state index in [2.05, 4.69) is 28.7 Å². The number of anilines is 1. The molecule has 0 unspecified atom stereocenters. The Hall–Kier alpha value is -1.36. The van der Waals surface area contributed by atoms with Crippen LogP contribution in [0.25, 0.3) is 0 Å². The van der Waals surface area contributed by atoms with Crippen molar-refractivity contribution < 1.29 is 4.74 Å². The molecule has 0 aliphatic rings. The average Bonchev–Trinajstić information content (AvgIpc) is 2.25. The summed E-state index contributed by atoms with van der Waals surface area (Å²) in [7, 11) is 0. The molecule has 0 radical (unpaired) electrons. The van der Waals surface area contributed by atoms with Crippen LogP contribution in [0.5, 0.6) is 5.88 Å². The third-order valence-electron chi connectivity index (χ3n) is 2.18. The summed E-state index contributed by atoms with van der Waals surface area (Å²) in [5, 5.41) is 0. The maximum absolute atomic E-state index is 5.48. The first kappa shape index (κ1) is 11.7. The second kappa shape index (κ2) is 6.19. The number of nitrogens with zero attached hydrogens (tertiary/aromatic N) is 3. The number of rotatable bonds is 6. The topological polar surface area (TPSA) is 64.3 Å². The smallest absolute Gasteiger partial charge is 0.234 e. The number of nitrogen functional groups attached to an aromatic ring is 1. The highest BCUT2D eigenvalue weighted by Gasteiger charge is 2.00. The standard InChI is InChI=1S/C10H18N4O/c1-3-14(4-2)5-6-15-10-8-12-7-9(11)13-10/h7-8H,3-6H2,1-2H3,(H2,11,13). The van der Waals surface area contributed by atoms with E-state index in [0.29, 0.717) is 18.3 Å². The fraction of sp³-hybridized carbons (Fsp3) is 0.600. The molecule has 0 amide bonds. The quantitative estimate of drug-likeness (QED) is 0.751. The molecule has 5 nitrogen and oxygen atoms in total. The molecule has 0 saturated heterocycles. The second-order valence-electron chi connectivity index (χ2n) is 3.16. The molecule has 0 saturated carbocycles. The van der Waals surface area contributed by atoms with E-state index in [-0.39, 0.29) is 0 Å². The van der Waals surface area contributed by atoms with Gasteiger partial charge in [-0.3, -0.25) is 4.98 Å². The molecule has 2 N–H and O–H groups in total. The largest absolute Gasteiger partial charge is 0.475 e. The Morgan fingerprint density at radius 1 is 1.33 bits per heavy atom. The van der Waals surface area contributed by atoms with Crippen molar-refractivity contribution in [3.05, 3.63) is 12.4 Å². The van der Waals surface area contributed by atoms with Crippen LogP contribution in [0, 0.1) is 0 Å². The summed E-state index contributed by atoms with van der Waals surface area (Å²) in [6.45, 7) is 7.82. The van der Waals surface area contributed by atoms with Crippen molar-refractivity contribution in [2.75, 3.05) is 32.0 Å². The van der Waals surface area contributed by atoms with Crippen molar-refractivity contribution in [2.45, 2.75) is 13.8 Å². The minimum atomic E-state index is 0.385. The highest BCUT2D eigenvalue weighted by molar-refractivity contribution is 5.25. The molecule has 0 aromatic carbocycles. The van der Waals surface area contributed by atoms with Gasteiger partial charge in [0.15, 0.2) is 0 Å². The lowest BCUT2D eigenvalue weighted by Gasteiger charge is -2.17. The van der Waals surface area contributed by atoms with Crippen LogP contribution >= 0.6 is 0 Å². The van der Waals surface area contributed by atoms with Gasteiger partial charge in [0.1, 0.15) is 12.4 Å². The summed E-state index contributed by atoms with van der Waals surface area (Å²) in [5.74, 6) is 0.873. The molecule has 1 rings (SSSR count). The van der Waals surface area contributed by atoms with E-state index in [4.69, 9.17) is 10.5 Å². The molecule has 84 valence electrons. The van der Waals surface area contributed by atoms with Gasteiger partial charge >= 0.3 is 0 Å². The number of likely N-dealkylation sites (N-methyl/N-ethyl adjacent to an activating group) is 1. The average molecular weight is 210 g/mol. The second-order valence-corrected chi connectivity index (χ2v) is 3.16. The van der Waals surface area contributed by atoms with Gasteiger partial charge in [0.2, 0.25) is 5.88 Å². The van der Waals surface area contributed by atoms with Gasteiger partial charge in [-0.15, -0.1) is 0 Å². The number of hydrogen-bond acceptors (Lipinski definition) is 5. The lowest BCUT2D eigenvalue weighted by molar-refractivity contribution is 0.217. The first-order valence-corrected chi connectivity index (χ1v) is 5.19. The maximum atomic E-state index is 5.48. The van der Waals surface area contributed by atoms with Crippen LogP contribution in [0.3, 0.4) is 0 Å². The van der Waals surface area contributed by atoms with Crippen LogP contribution in [0.1, 0.15) is 13.8 Å². The zero-order valence-electron chi connectivity index (χ0n) is 9.31. The van der Waals surface area contributed by atoms with Gasteiger partial charge in [-0.05, 0) is 13.1 Å². The fourth-order valence-corrected chi connectivity index (χ4v) is 1.25. The van der Waals surface area contributed by atoms with Crippen molar-refractivity contribution in [1.29, 1.82) is 0 Å². The summed E-state index contributed by atoms with van der Waals surface area (Å²) in [6.07, 6.45) is 3.07. The third kappa shape index (κ3) is 4.12. The van der Waals surface area contributed by atoms with Gasteiger partial charge in [-0.25, -0.2) is 0 Å². The first-order valence-electron chi connectivity index (χ1n) is 5.19. The van der Waals surface area contributed by atoms with Gasteiger partial charge in [0.05, 0.1) is 12.4 Å². The van der Waals surface area contributed by atoms with Crippen LogP contribution in [-0.2, 0) is 0 Å². The Kier molecular flexibility index (Phi) is 4.83. The van der Waals surface area contributed by atoms with E-state index in [1.54, 1.807) is 6.20 Å². The van der Waals surface area contributed by atoms with Crippen molar-refractivity contribution >= 4 is 5.82 Å². The molecule has 0 bridgehead atoms. The Bertz CT molecular complexity index is 289. The Labute approximate surface area is 90.3 Å². The van der Waals surface area contributed by atoms with Crippen LogP contribution in [0.15, 0.2) is 12.4 Å². The van der Waals surface area contributed by atoms with Gasteiger partial charge in [0.25, 0.3) is 0 Å². The molecule has 5 heteroatoms. The molecule has 0 aliphatic carbocycles. The number of hydrogen-bond donors (Lipinski definition) is 1. The van der Waals surface area contributed by atoms with Gasteiger partial charge in [-0.1, -0.05) is 13.8 Å². The normalized spacial score (nSPS) is 10.6. The highest BCUT2D eigenvalue weighted by Crippen LogP contribution is 2.05. The van der Waals surface area contributed by atoms with E-state index >= 15 is 0 Å². The summed E-state index contributed by atoms with van der Waals surface area (Å²) in [6, 6.07) is 0. The Morgan fingerprint density at radius 2 is 2.07 bits per heavy atom. The van der Waals surface area contributed by atoms with E-state index in [9.17, 15) is 0 Å². The van der Waals surface area contributed by atoms with Crippen molar-refractivity contribution in [3.63, 3.8) is 0 Å². The lowest BCUT2D eigenvalue weighted by Crippen LogP contribution is -2.28. The zero-order valence-corrected chi connectivity index (χ0v) is 9.31. The van der Waals surface area contributed by atoms with Gasteiger partial charge < -0.3 is 15.4 Å². The van der Waals surface area contributed by atoms with Crippen LogP contribution in [0.4, 0.5) is 5.82 Å². The summed E-state index contributed by atoms with van der Waals surface area (Å²) in [5.41, 5.74) is 5.48. The lowest BCUT2D eigenvalue weighted by atomic mass is 10.5. The van der Waals surface area contributed by atoms with Gasteiger partial charge in [0, 0.05) is 6.54 Å². The number of nitrogens with two attached hydrogens (primary N) is 1. The predicted molar refractivity (Wildman–Crippen MR) is 59.7 cm³/mol. The van der Waals surface area contributed by atoms with Crippen molar-refractivity contribution in [2.24, 2.45) is 0 Å². The molecular formula is C10H18N4O. The van der Waals surface area contributed by atoms with E-state index in [0.717, 1.165) is 19.6 Å². The van der Waals surface area contributed by atoms with Gasteiger partial charge in [-0.2, -0.15) is 4.98 Å². The molecule has 0 aliphatic heterocycles. The summed E-state index contributed by atoms with van der Waals surface area (Å²) < 4.78 is 5.43. The molecule has 0 atom stereocenters. The molecule has 0 fully saturated rings. The van der Waals surface area contributed by atoms with Crippen LogP contribution in [0.2, 0.25) is 0 Å². The molecule has 0 spiro atoms. The SMILES string of the molecule is CCN(CC)CCOc1cncc(N)n1. The Balaban J connectivity index is 2.31. The van der Waals surface area contributed by atoms with Crippen LogP contribution < -0.4 is 10.5 Å². The van der Waals surface area contributed by atoms with Crippen molar-refractivity contribution in [3.8, 4) is 5.88 Å². The fourth-order valence-electron chi connectivity index (χ4n) is 1.25. The minimum Gasteiger partial charge on any atom is -0.475 e. The highest BCUT2D eigenvalue weighted by atomic mass is 16.5. The van der Waals surface area contributed by atoms with Crippen molar-refractivity contribution in [1.82, 2.24) is 14.9 Å².